The van der Waals surface area contributed by atoms with Crippen LogP contribution in [0.25, 0.3) is 0 Å². The lowest BCUT2D eigenvalue weighted by atomic mass is 10.1. The Hall–Kier alpha value is -0.900. The third-order valence-electron chi connectivity index (χ3n) is 2.57. The first-order valence-corrected chi connectivity index (χ1v) is 5.47. The van der Waals surface area contributed by atoms with Crippen molar-refractivity contribution < 1.29 is 4.52 Å². The van der Waals surface area contributed by atoms with Crippen LogP contribution in [0.3, 0.4) is 0 Å². The van der Waals surface area contributed by atoms with E-state index in [4.69, 9.17) is 4.52 Å². The molecule has 0 aliphatic carbocycles. The van der Waals surface area contributed by atoms with Crippen molar-refractivity contribution in [3.8, 4) is 0 Å². The van der Waals surface area contributed by atoms with E-state index in [-0.39, 0.29) is 5.54 Å². The summed E-state index contributed by atoms with van der Waals surface area (Å²) in [4.78, 5) is 4.38. The van der Waals surface area contributed by atoms with E-state index < -0.39 is 0 Å². The van der Waals surface area contributed by atoms with Gasteiger partial charge in [-0.25, -0.2) is 0 Å². The fourth-order valence-corrected chi connectivity index (χ4v) is 1.13. The second kappa shape index (κ2) is 4.75. The highest BCUT2D eigenvalue weighted by Crippen LogP contribution is 2.17. The SMILES string of the molecule is CNC(C)(C)c1nc(CCC(C)C)no1. The van der Waals surface area contributed by atoms with Gasteiger partial charge in [-0.3, -0.25) is 0 Å². The van der Waals surface area contributed by atoms with Gasteiger partial charge in [-0.15, -0.1) is 0 Å². The van der Waals surface area contributed by atoms with E-state index in [1.807, 2.05) is 20.9 Å². The number of nitrogens with one attached hydrogen (secondary N) is 1. The summed E-state index contributed by atoms with van der Waals surface area (Å²) in [6.07, 6.45) is 1.99. The van der Waals surface area contributed by atoms with Crippen LogP contribution in [0.4, 0.5) is 0 Å². The zero-order chi connectivity index (χ0) is 11.5. The number of hydrogen-bond acceptors (Lipinski definition) is 4. The Kier molecular flexibility index (Phi) is 3.85. The Bertz CT molecular complexity index is 305. The standard InChI is InChI=1S/C11H21N3O/c1-8(2)6-7-9-13-10(15-14-9)11(3,4)12-5/h8,12H,6-7H2,1-5H3. The number of hydrogen-bond donors (Lipinski definition) is 1. The van der Waals surface area contributed by atoms with Crippen LogP contribution in [0, 0.1) is 5.92 Å². The maximum atomic E-state index is 5.23. The molecule has 1 rings (SSSR count). The van der Waals surface area contributed by atoms with Gasteiger partial charge >= 0.3 is 0 Å². The van der Waals surface area contributed by atoms with Crippen LogP contribution in [0.5, 0.6) is 0 Å². The summed E-state index contributed by atoms with van der Waals surface area (Å²) in [5.74, 6) is 2.13. The van der Waals surface area contributed by atoms with Crippen molar-refractivity contribution in [3.05, 3.63) is 11.7 Å². The summed E-state index contributed by atoms with van der Waals surface area (Å²) < 4.78 is 5.23. The summed E-state index contributed by atoms with van der Waals surface area (Å²) in [6.45, 7) is 8.43. The molecule has 1 N–H and O–H groups in total. The quantitative estimate of drug-likeness (QED) is 0.810. The lowest BCUT2D eigenvalue weighted by Crippen LogP contribution is -2.33. The number of rotatable bonds is 5. The first kappa shape index (κ1) is 12.2. The summed E-state index contributed by atoms with van der Waals surface area (Å²) in [6, 6.07) is 0. The van der Waals surface area contributed by atoms with Crippen LogP contribution < -0.4 is 5.32 Å². The van der Waals surface area contributed by atoms with Gasteiger partial charge in [0.25, 0.3) is 0 Å². The van der Waals surface area contributed by atoms with Gasteiger partial charge in [-0.2, -0.15) is 4.98 Å². The average Bonchev–Trinajstić information content (AvgIpc) is 2.63. The minimum atomic E-state index is -0.247. The van der Waals surface area contributed by atoms with Crippen molar-refractivity contribution in [2.24, 2.45) is 5.92 Å². The van der Waals surface area contributed by atoms with Crippen LogP contribution in [0.1, 0.15) is 45.8 Å². The summed E-state index contributed by atoms with van der Waals surface area (Å²) in [5.41, 5.74) is -0.247. The largest absolute Gasteiger partial charge is 0.337 e. The normalized spacial score (nSPS) is 12.4. The second-order valence-corrected chi connectivity index (χ2v) is 4.82. The highest BCUT2D eigenvalue weighted by Gasteiger charge is 2.25. The summed E-state index contributed by atoms with van der Waals surface area (Å²) >= 11 is 0. The van der Waals surface area contributed by atoms with Crippen molar-refractivity contribution in [2.45, 2.75) is 46.1 Å². The molecular formula is C11H21N3O. The number of aromatic nitrogens is 2. The van der Waals surface area contributed by atoms with Crippen molar-refractivity contribution in [2.75, 3.05) is 7.05 Å². The molecule has 0 atom stereocenters. The topological polar surface area (TPSA) is 51.0 Å². The van der Waals surface area contributed by atoms with E-state index in [0.29, 0.717) is 11.8 Å². The highest BCUT2D eigenvalue weighted by molar-refractivity contribution is 4.98. The lowest BCUT2D eigenvalue weighted by molar-refractivity contribution is 0.279. The van der Waals surface area contributed by atoms with Crippen molar-refractivity contribution in [1.29, 1.82) is 0 Å². The van der Waals surface area contributed by atoms with Gasteiger partial charge in [0.1, 0.15) is 0 Å². The zero-order valence-corrected chi connectivity index (χ0v) is 10.3. The molecule has 0 bridgehead atoms. The molecule has 0 saturated heterocycles. The fourth-order valence-electron chi connectivity index (χ4n) is 1.13. The first-order chi connectivity index (χ1) is 6.95. The minimum absolute atomic E-state index is 0.247. The Balaban J connectivity index is 2.64. The maximum Gasteiger partial charge on any atom is 0.246 e. The fraction of sp³-hybridized carbons (Fsp3) is 0.818. The van der Waals surface area contributed by atoms with Crippen LogP contribution in [0.2, 0.25) is 0 Å². The molecule has 86 valence electrons. The van der Waals surface area contributed by atoms with Crippen molar-refractivity contribution >= 4 is 0 Å². The van der Waals surface area contributed by atoms with Gasteiger partial charge < -0.3 is 9.84 Å². The molecule has 0 aromatic carbocycles. The number of aryl methyl sites for hydroxylation is 1. The molecule has 0 radical (unpaired) electrons. The number of nitrogens with zero attached hydrogens (tertiary/aromatic N) is 2. The van der Waals surface area contributed by atoms with Gasteiger partial charge in [0.05, 0.1) is 5.54 Å². The van der Waals surface area contributed by atoms with Crippen LogP contribution in [-0.2, 0) is 12.0 Å². The molecule has 1 aromatic heterocycles. The monoisotopic (exact) mass is 211 g/mol. The average molecular weight is 211 g/mol. The Morgan fingerprint density at radius 2 is 2.07 bits per heavy atom. The van der Waals surface area contributed by atoms with E-state index >= 15 is 0 Å². The van der Waals surface area contributed by atoms with Crippen molar-refractivity contribution in [1.82, 2.24) is 15.5 Å². The van der Waals surface area contributed by atoms with E-state index in [1.54, 1.807) is 0 Å². The lowest BCUT2D eigenvalue weighted by Gasteiger charge is -2.17. The molecule has 4 nitrogen and oxygen atoms in total. The van der Waals surface area contributed by atoms with Crippen LogP contribution in [0.15, 0.2) is 4.52 Å². The van der Waals surface area contributed by atoms with E-state index in [1.165, 1.54) is 0 Å². The van der Waals surface area contributed by atoms with E-state index in [0.717, 1.165) is 18.7 Å². The predicted molar refractivity (Wildman–Crippen MR) is 59.5 cm³/mol. The molecule has 0 aliphatic rings. The minimum Gasteiger partial charge on any atom is -0.337 e. The molecule has 0 fully saturated rings. The van der Waals surface area contributed by atoms with Gasteiger partial charge in [-0.1, -0.05) is 19.0 Å². The van der Waals surface area contributed by atoms with Crippen LogP contribution >= 0.6 is 0 Å². The second-order valence-electron chi connectivity index (χ2n) is 4.82. The van der Waals surface area contributed by atoms with Gasteiger partial charge in [0, 0.05) is 6.42 Å². The zero-order valence-electron chi connectivity index (χ0n) is 10.3. The molecule has 0 saturated carbocycles. The molecule has 0 spiro atoms. The molecule has 15 heavy (non-hydrogen) atoms. The Labute approximate surface area is 91.5 Å². The Morgan fingerprint density at radius 1 is 1.40 bits per heavy atom. The van der Waals surface area contributed by atoms with Crippen molar-refractivity contribution in [3.63, 3.8) is 0 Å². The molecule has 0 unspecified atom stereocenters. The maximum absolute atomic E-state index is 5.23. The van der Waals surface area contributed by atoms with Gasteiger partial charge in [0.2, 0.25) is 5.89 Å². The first-order valence-electron chi connectivity index (χ1n) is 5.47. The molecule has 0 aliphatic heterocycles. The third kappa shape index (κ3) is 3.30. The molecule has 1 aromatic rings. The highest BCUT2D eigenvalue weighted by atomic mass is 16.5. The predicted octanol–water partition coefficient (Wildman–Crippen LogP) is 2.11. The molecule has 0 amide bonds. The van der Waals surface area contributed by atoms with Gasteiger partial charge in [-0.05, 0) is 33.2 Å². The summed E-state index contributed by atoms with van der Waals surface area (Å²) in [5, 5.41) is 7.12. The third-order valence-corrected chi connectivity index (χ3v) is 2.57. The Morgan fingerprint density at radius 3 is 2.60 bits per heavy atom. The van der Waals surface area contributed by atoms with Gasteiger partial charge in [0.15, 0.2) is 5.82 Å². The molecule has 4 heteroatoms. The van der Waals surface area contributed by atoms with E-state index in [9.17, 15) is 0 Å². The summed E-state index contributed by atoms with van der Waals surface area (Å²) in [7, 11) is 1.89. The van der Waals surface area contributed by atoms with E-state index in [2.05, 4.69) is 29.3 Å². The smallest absolute Gasteiger partial charge is 0.246 e. The molecular weight excluding hydrogens is 190 g/mol. The molecule has 1 heterocycles. The van der Waals surface area contributed by atoms with Crippen LogP contribution in [-0.4, -0.2) is 17.2 Å².